The maximum Gasteiger partial charge on any atom is 0.328 e. The highest BCUT2D eigenvalue weighted by atomic mass is 16.4. The van der Waals surface area contributed by atoms with E-state index in [1.807, 2.05) is 0 Å². The Hall–Kier alpha value is -0.900. The fourth-order valence-corrected chi connectivity index (χ4v) is 2.39. The molecule has 0 aliphatic heterocycles. The van der Waals surface area contributed by atoms with Crippen LogP contribution in [0.1, 0.15) is 71.1 Å². The highest BCUT2D eigenvalue weighted by Gasteiger charge is 2.27. The molecule has 0 rings (SSSR count). The van der Waals surface area contributed by atoms with E-state index in [-0.39, 0.29) is 5.78 Å². The van der Waals surface area contributed by atoms with Crippen LogP contribution in [0.2, 0.25) is 0 Å². The molecule has 0 aromatic rings. The Bertz CT molecular complexity index is 277. The van der Waals surface area contributed by atoms with E-state index in [2.05, 4.69) is 6.92 Å². The molecule has 0 aromatic heterocycles. The number of unbranched alkanes of at least 4 members (excludes halogenated alkanes) is 8. The predicted octanol–water partition coefficient (Wildman–Crippen LogP) is 3.49. The van der Waals surface area contributed by atoms with E-state index in [9.17, 15) is 9.59 Å². The van der Waals surface area contributed by atoms with Gasteiger partial charge in [0.15, 0.2) is 11.8 Å². The molecule has 0 saturated heterocycles. The number of carbonyl (C=O) groups is 2. The molecule has 20 heavy (non-hydrogen) atoms. The molecule has 118 valence electrons. The van der Waals surface area contributed by atoms with Crippen LogP contribution in [0.5, 0.6) is 0 Å². The molecule has 4 heteroatoms. The van der Waals surface area contributed by atoms with E-state index >= 15 is 0 Å². The first-order chi connectivity index (χ1) is 9.50. The fourth-order valence-electron chi connectivity index (χ4n) is 2.39. The van der Waals surface area contributed by atoms with E-state index in [0.29, 0.717) is 6.42 Å². The number of likely N-dealkylation sites (N-methyl/N-ethyl adjacent to an activating group) is 1. The number of hydrogen-bond donors (Lipinski definition) is 1. The van der Waals surface area contributed by atoms with Gasteiger partial charge in [-0.1, -0.05) is 58.3 Å². The Morgan fingerprint density at radius 2 is 1.35 bits per heavy atom. The Morgan fingerprint density at radius 1 is 0.900 bits per heavy atom. The summed E-state index contributed by atoms with van der Waals surface area (Å²) in [5.74, 6) is -1.22. The van der Waals surface area contributed by atoms with Crippen LogP contribution in [0.15, 0.2) is 0 Å². The Balaban J connectivity index is 3.59. The number of nitrogens with zero attached hydrogens (tertiary/aromatic N) is 1. The number of carboxylic acid groups (broad SMARTS) is 1. The molecule has 1 atom stereocenters. The van der Waals surface area contributed by atoms with Gasteiger partial charge in [-0.2, -0.15) is 0 Å². The minimum atomic E-state index is -1.05. The SMILES string of the molecule is CCCCCCCCCCCC(=O)[C@@H](C(=O)O)N(C)C. The average molecular weight is 285 g/mol. The average Bonchev–Trinajstić information content (AvgIpc) is 2.36. The number of ketones is 1. The second-order valence-electron chi connectivity index (χ2n) is 5.75. The van der Waals surface area contributed by atoms with E-state index in [4.69, 9.17) is 5.11 Å². The van der Waals surface area contributed by atoms with Crippen molar-refractivity contribution >= 4 is 11.8 Å². The van der Waals surface area contributed by atoms with E-state index < -0.39 is 12.0 Å². The van der Waals surface area contributed by atoms with Crippen molar-refractivity contribution in [3.8, 4) is 0 Å². The highest BCUT2D eigenvalue weighted by Crippen LogP contribution is 2.11. The third kappa shape index (κ3) is 9.08. The molecule has 0 aromatic carbocycles. The van der Waals surface area contributed by atoms with Crippen molar-refractivity contribution in [1.29, 1.82) is 0 Å². The molecular formula is C16H31NO3. The highest BCUT2D eigenvalue weighted by molar-refractivity contribution is 6.02. The smallest absolute Gasteiger partial charge is 0.328 e. The lowest BCUT2D eigenvalue weighted by Crippen LogP contribution is -2.42. The van der Waals surface area contributed by atoms with Gasteiger partial charge < -0.3 is 5.11 Å². The summed E-state index contributed by atoms with van der Waals surface area (Å²) in [6, 6.07) is -0.982. The fraction of sp³-hybridized carbons (Fsp3) is 0.875. The van der Waals surface area contributed by atoms with Gasteiger partial charge >= 0.3 is 5.97 Å². The lowest BCUT2D eigenvalue weighted by atomic mass is 10.0. The van der Waals surface area contributed by atoms with E-state index in [1.54, 1.807) is 14.1 Å². The molecule has 1 N–H and O–H groups in total. The minimum Gasteiger partial charge on any atom is -0.480 e. The zero-order valence-corrected chi connectivity index (χ0v) is 13.4. The van der Waals surface area contributed by atoms with Crippen LogP contribution in [0.25, 0.3) is 0 Å². The van der Waals surface area contributed by atoms with Gasteiger partial charge in [-0.3, -0.25) is 14.5 Å². The van der Waals surface area contributed by atoms with Crippen molar-refractivity contribution in [2.45, 2.75) is 77.2 Å². The van der Waals surface area contributed by atoms with Crippen LogP contribution >= 0.6 is 0 Å². The van der Waals surface area contributed by atoms with Gasteiger partial charge in [0, 0.05) is 6.42 Å². The number of Topliss-reactive ketones (excluding diaryl/α,β-unsaturated/α-hetero) is 1. The summed E-state index contributed by atoms with van der Waals surface area (Å²) in [4.78, 5) is 24.3. The summed E-state index contributed by atoms with van der Waals surface area (Å²) < 4.78 is 0. The Kier molecular flexibility index (Phi) is 11.4. The molecule has 0 aliphatic carbocycles. The van der Waals surface area contributed by atoms with Crippen LogP contribution in [0.3, 0.4) is 0 Å². The van der Waals surface area contributed by atoms with Gasteiger partial charge in [0.05, 0.1) is 0 Å². The third-order valence-corrected chi connectivity index (χ3v) is 3.58. The minimum absolute atomic E-state index is 0.176. The molecule has 0 heterocycles. The monoisotopic (exact) mass is 285 g/mol. The van der Waals surface area contributed by atoms with Crippen LogP contribution in [0, 0.1) is 0 Å². The van der Waals surface area contributed by atoms with Gasteiger partial charge in [-0.25, -0.2) is 0 Å². The molecule has 0 unspecified atom stereocenters. The second kappa shape index (κ2) is 11.9. The molecule has 0 bridgehead atoms. The first-order valence-corrected chi connectivity index (χ1v) is 7.92. The summed E-state index contributed by atoms with van der Waals surface area (Å²) in [7, 11) is 3.26. The lowest BCUT2D eigenvalue weighted by molar-refractivity contribution is -0.146. The second-order valence-corrected chi connectivity index (χ2v) is 5.75. The Morgan fingerprint density at radius 3 is 1.75 bits per heavy atom. The molecule has 4 nitrogen and oxygen atoms in total. The number of carboxylic acids is 1. The van der Waals surface area contributed by atoms with Crippen LogP contribution in [-0.4, -0.2) is 41.9 Å². The van der Waals surface area contributed by atoms with Crippen LogP contribution in [-0.2, 0) is 9.59 Å². The zero-order valence-electron chi connectivity index (χ0n) is 13.4. The molecule has 0 aliphatic rings. The molecule has 0 radical (unpaired) electrons. The van der Waals surface area contributed by atoms with Crippen molar-refractivity contribution in [3.63, 3.8) is 0 Å². The zero-order chi connectivity index (χ0) is 15.4. The van der Waals surface area contributed by atoms with Crippen LogP contribution < -0.4 is 0 Å². The number of rotatable bonds is 13. The summed E-state index contributed by atoms with van der Waals surface area (Å²) >= 11 is 0. The topological polar surface area (TPSA) is 57.6 Å². The van der Waals surface area contributed by atoms with E-state index in [0.717, 1.165) is 19.3 Å². The van der Waals surface area contributed by atoms with Gasteiger partial charge in [-0.05, 0) is 20.5 Å². The molecule has 0 fully saturated rings. The lowest BCUT2D eigenvalue weighted by Gasteiger charge is -2.18. The standard InChI is InChI=1S/C16H31NO3/c1-4-5-6-7-8-9-10-11-12-13-14(18)15(16(19)20)17(2)3/h15H,4-13H2,1-3H3,(H,19,20)/t15-/m0/s1. The summed E-state index contributed by atoms with van der Waals surface area (Å²) in [5, 5.41) is 9.00. The van der Waals surface area contributed by atoms with Gasteiger partial charge in [0.1, 0.15) is 0 Å². The summed E-state index contributed by atoms with van der Waals surface area (Å²) in [6.07, 6.45) is 11.1. The first kappa shape index (κ1) is 19.1. The van der Waals surface area contributed by atoms with Gasteiger partial charge in [0.25, 0.3) is 0 Å². The van der Waals surface area contributed by atoms with Crippen molar-refractivity contribution in [3.05, 3.63) is 0 Å². The number of hydrogen-bond acceptors (Lipinski definition) is 3. The number of carbonyl (C=O) groups excluding carboxylic acids is 1. The van der Waals surface area contributed by atoms with Crippen molar-refractivity contribution in [2.24, 2.45) is 0 Å². The molecule has 0 amide bonds. The third-order valence-electron chi connectivity index (χ3n) is 3.58. The van der Waals surface area contributed by atoms with Gasteiger partial charge in [-0.15, -0.1) is 0 Å². The van der Waals surface area contributed by atoms with Gasteiger partial charge in [0.2, 0.25) is 0 Å². The normalized spacial score (nSPS) is 12.6. The molecular weight excluding hydrogens is 254 g/mol. The first-order valence-electron chi connectivity index (χ1n) is 7.92. The quantitative estimate of drug-likeness (QED) is 0.416. The molecule has 0 saturated carbocycles. The van der Waals surface area contributed by atoms with E-state index in [1.165, 1.54) is 43.4 Å². The maximum atomic E-state index is 11.8. The predicted molar refractivity (Wildman–Crippen MR) is 82.0 cm³/mol. The largest absolute Gasteiger partial charge is 0.480 e. The number of aliphatic carboxylic acids is 1. The van der Waals surface area contributed by atoms with Crippen LogP contribution in [0.4, 0.5) is 0 Å². The molecule has 0 spiro atoms. The van der Waals surface area contributed by atoms with Crippen molar-refractivity contribution in [2.75, 3.05) is 14.1 Å². The summed E-state index contributed by atoms with van der Waals surface area (Å²) in [6.45, 7) is 2.22. The Labute approximate surface area is 123 Å². The van der Waals surface area contributed by atoms with Crippen molar-refractivity contribution < 1.29 is 14.7 Å². The maximum absolute atomic E-state index is 11.8. The summed E-state index contributed by atoms with van der Waals surface area (Å²) in [5.41, 5.74) is 0. The van der Waals surface area contributed by atoms with Crippen molar-refractivity contribution in [1.82, 2.24) is 4.90 Å².